The fraction of sp³-hybridized carbons (Fsp3) is 0. The van der Waals surface area contributed by atoms with Crippen LogP contribution < -0.4 is 11.4 Å². The lowest BCUT2D eigenvalue weighted by atomic mass is 10.1. The summed E-state index contributed by atoms with van der Waals surface area (Å²) in [4.78, 5) is 32.5. The minimum Gasteiger partial charge on any atom is -0.312 e. The van der Waals surface area contributed by atoms with Crippen molar-refractivity contribution in [2.24, 2.45) is 0 Å². The highest BCUT2D eigenvalue weighted by Gasteiger charge is 2.03. The Labute approximate surface area is 88.4 Å². The van der Waals surface area contributed by atoms with E-state index in [2.05, 4.69) is 19.9 Å². The zero-order valence-corrected chi connectivity index (χ0v) is 8.13. The number of H-pyrrole nitrogens is 4. The van der Waals surface area contributed by atoms with Crippen LogP contribution in [0.4, 0.5) is 0 Å². The molecule has 3 aromatic rings. The van der Waals surface area contributed by atoms with Gasteiger partial charge in [-0.3, -0.25) is 0 Å². The number of benzene rings is 1. The molecule has 0 bridgehead atoms. The Kier molecular flexibility index (Phi) is 1.64. The molecule has 0 amide bonds. The normalized spacial score (nSPS) is 11.0. The van der Waals surface area contributed by atoms with Crippen LogP contribution in [0.2, 0.25) is 0 Å². The number of aromatic nitrogens is 4. The maximum Gasteiger partial charge on any atom is 0.323 e. The Morgan fingerprint density at radius 2 is 1.69 bits per heavy atom. The molecular weight excluding hydrogens is 208 g/mol. The highest BCUT2D eigenvalue weighted by molar-refractivity contribution is 5.80. The van der Waals surface area contributed by atoms with Gasteiger partial charge in [0.1, 0.15) is 0 Å². The Hall–Kier alpha value is -2.50. The summed E-state index contributed by atoms with van der Waals surface area (Å²) < 4.78 is 0. The monoisotopic (exact) mass is 216 g/mol. The van der Waals surface area contributed by atoms with E-state index in [4.69, 9.17) is 0 Å². The van der Waals surface area contributed by atoms with Crippen molar-refractivity contribution in [2.75, 3.05) is 0 Å². The maximum atomic E-state index is 11.1. The maximum absolute atomic E-state index is 11.1. The van der Waals surface area contributed by atoms with Gasteiger partial charge in [-0.15, -0.1) is 0 Å². The van der Waals surface area contributed by atoms with Gasteiger partial charge < -0.3 is 19.9 Å². The van der Waals surface area contributed by atoms with Crippen molar-refractivity contribution in [1.29, 1.82) is 0 Å². The van der Waals surface area contributed by atoms with E-state index in [0.717, 1.165) is 11.1 Å². The molecule has 0 fully saturated rings. The van der Waals surface area contributed by atoms with Crippen LogP contribution in [0.1, 0.15) is 0 Å². The molecule has 0 aliphatic carbocycles. The van der Waals surface area contributed by atoms with Gasteiger partial charge in [0.15, 0.2) is 0 Å². The third-order valence-electron chi connectivity index (χ3n) is 2.42. The number of aromatic amines is 4. The van der Waals surface area contributed by atoms with Crippen LogP contribution in [-0.4, -0.2) is 19.9 Å². The van der Waals surface area contributed by atoms with Crippen LogP contribution in [0.15, 0.2) is 34.0 Å². The fourth-order valence-corrected chi connectivity index (χ4v) is 1.69. The number of nitrogens with one attached hydrogen (secondary N) is 4. The molecule has 6 nitrogen and oxygen atoms in total. The standard InChI is InChI=1S/C10H8N4O2/c15-9-11-4-8(14-9)5-1-2-6-7(3-5)13-10(16)12-6/h1-4H,(H2,11,14,15)(H2,12,13,16). The summed E-state index contributed by atoms with van der Waals surface area (Å²) in [5.74, 6) is 0. The van der Waals surface area contributed by atoms with Crippen LogP contribution in [0, 0.1) is 0 Å². The van der Waals surface area contributed by atoms with Gasteiger partial charge in [0, 0.05) is 11.8 Å². The quantitative estimate of drug-likeness (QED) is 0.477. The minimum absolute atomic E-state index is 0.241. The molecule has 80 valence electrons. The number of hydrogen-bond donors (Lipinski definition) is 4. The first-order valence-electron chi connectivity index (χ1n) is 4.72. The lowest BCUT2D eigenvalue weighted by Gasteiger charge is -1.96. The molecule has 2 heterocycles. The predicted molar refractivity (Wildman–Crippen MR) is 59.3 cm³/mol. The largest absolute Gasteiger partial charge is 0.323 e. The van der Waals surface area contributed by atoms with Crippen LogP contribution in [0.25, 0.3) is 22.3 Å². The lowest BCUT2D eigenvalue weighted by molar-refractivity contribution is 1.19. The molecule has 0 radical (unpaired) electrons. The number of rotatable bonds is 1. The highest BCUT2D eigenvalue weighted by Crippen LogP contribution is 2.18. The number of imidazole rings is 2. The third kappa shape index (κ3) is 1.28. The minimum atomic E-state index is -0.252. The fourth-order valence-electron chi connectivity index (χ4n) is 1.69. The summed E-state index contributed by atoms with van der Waals surface area (Å²) in [6.07, 6.45) is 1.59. The first-order chi connectivity index (χ1) is 7.72. The van der Waals surface area contributed by atoms with E-state index >= 15 is 0 Å². The summed E-state index contributed by atoms with van der Waals surface area (Å²) in [5.41, 5.74) is 2.48. The first kappa shape index (κ1) is 8.78. The Bertz CT molecular complexity index is 759. The molecule has 0 aliphatic rings. The molecule has 6 heteroatoms. The SMILES string of the molecule is O=c1[nH]cc(-c2ccc3[nH]c(=O)[nH]c3c2)[nH]1. The van der Waals surface area contributed by atoms with Crippen molar-refractivity contribution in [1.82, 2.24) is 19.9 Å². The number of fused-ring (bicyclic) bond motifs is 1. The Morgan fingerprint density at radius 3 is 2.44 bits per heavy atom. The van der Waals surface area contributed by atoms with Gasteiger partial charge >= 0.3 is 11.4 Å². The van der Waals surface area contributed by atoms with Crippen LogP contribution in [0.3, 0.4) is 0 Å². The smallest absolute Gasteiger partial charge is 0.312 e. The van der Waals surface area contributed by atoms with Crippen molar-refractivity contribution in [3.63, 3.8) is 0 Å². The summed E-state index contributed by atoms with van der Waals surface area (Å²) in [6.45, 7) is 0. The van der Waals surface area contributed by atoms with E-state index in [1.807, 2.05) is 6.07 Å². The molecule has 2 aromatic heterocycles. The number of hydrogen-bond acceptors (Lipinski definition) is 2. The molecule has 0 spiro atoms. The predicted octanol–water partition coefficient (Wildman–Crippen LogP) is 0.540. The molecular formula is C10H8N4O2. The third-order valence-corrected chi connectivity index (χ3v) is 2.42. The van der Waals surface area contributed by atoms with E-state index in [0.29, 0.717) is 11.2 Å². The van der Waals surface area contributed by atoms with Crippen LogP contribution in [0.5, 0.6) is 0 Å². The van der Waals surface area contributed by atoms with E-state index in [9.17, 15) is 9.59 Å². The van der Waals surface area contributed by atoms with Crippen molar-refractivity contribution in [3.05, 3.63) is 45.4 Å². The van der Waals surface area contributed by atoms with Gasteiger partial charge in [0.05, 0.1) is 16.7 Å². The molecule has 0 saturated carbocycles. The van der Waals surface area contributed by atoms with Crippen molar-refractivity contribution in [2.45, 2.75) is 0 Å². The van der Waals surface area contributed by atoms with Crippen LogP contribution in [-0.2, 0) is 0 Å². The zero-order chi connectivity index (χ0) is 11.1. The van der Waals surface area contributed by atoms with Crippen molar-refractivity contribution >= 4 is 11.0 Å². The van der Waals surface area contributed by atoms with Gasteiger partial charge in [0.2, 0.25) is 0 Å². The Balaban J connectivity index is 2.25. The van der Waals surface area contributed by atoms with E-state index in [1.54, 1.807) is 18.3 Å². The summed E-state index contributed by atoms with van der Waals surface area (Å²) in [7, 11) is 0. The van der Waals surface area contributed by atoms with Gasteiger partial charge in [-0.05, 0) is 12.1 Å². The molecule has 4 N–H and O–H groups in total. The topological polar surface area (TPSA) is 97.3 Å². The molecule has 0 saturated heterocycles. The first-order valence-corrected chi connectivity index (χ1v) is 4.72. The van der Waals surface area contributed by atoms with E-state index < -0.39 is 0 Å². The van der Waals surface area contributed by atoms with Crippen LogP contribution >= 0.6 is 0 Å². The second-order valence-corrected chi connectivity index (χ2v) is 3.50. The lowest BCUT2D eigenvalue weighted by Crippen LogP contribution is -1.99. The second-order valence-electron chi connectivity index (χ2n) is 3.50. The Morgan fingerprint density at radius 1 is 0.875 bits per heavy atom. The molecule has 1 aromatic carbocycles. The molecule has 0 unspecified atom stereocenters. The molecule has 0 aliphatic heterocycles. The second kappa shape index (κ2) is 2.99. The average molecular weight is 216 g/mol. The van der Waals surface area contributed by atoms with Crippen molar-refractivity contribution < 1.29 is 0 Å². The molecule has 3 rings (SSSR count). The molecule has 16 heavy (non-hydrogen) atoms. The van der Waals surface area contributed by atoms with Gasteiger partial charge in [-0.25, -0.2) is 9.59 Å². The van der Waals surface area contributed by atoms with Crippen molar-refractivity contribution in [3.8, 4) is 11.3 Å². The van der Waals surface area contributed by atoms with Gasteiger partial charge in [-0.1, -0.05) is 6.07 Å². The average Bonchev–Trinajstić information content (AvgIpc) is 2.81. The van der Waals surface area contributed by atoms with Gasteiger partial charge in [0.25, 0.3) is 0 Å². The van der Waals surface area contributed by atoms with E-state index in [-0.39, 0.29) is 11.4 Å². The molecule has 0 atom stereocenters. The zero-order valence-electron chi connectivity index (χ0n) is 8.13. The summed E-state index contributed by atoms with van der Waals surface area (Å²) in [6, 6.07) is 5.41. The summed E-state index contributed by atoms with van der Waals surface area (Å²) in [5, 5.41) is 0. The van der Waals surface area contributed by atoms with Gasteiger partial charge in [-0.2, -0.15) is 0 Å². The van der Waals surface area contributed by atoms with E-state index in [1.165, 1.54) is 0 Å². The summed E-state index contributed by atoms with van der Waals surface area (Å²) >= 11 is 0. The highest BCUT2D eigenvalue weighted by atomic mass is 16.1.